The molecule has 0 aliphatic carbocycles. The van der Waals surface area contributed by atoms with Crippen LogP contribution in [-0.4, -0.2) is 34.2 Å². The molecular weight excluding hydrogens is 200 g/mol. The largest absolute Gasteiger partial charge is 0.354 e. The van der Waals surface area contributed by atoms with E-state index >= 15 is 0 Å². The first-order valence-corrected chi connectivity index (χ1v) is 6.34. The molecule has 0 saturated carbocycles. The standard InChI is InChI=1S/C9H20N2O2S/c1-6(2)8(10)9(12)11-5-7(3)14(4)13/h6-8H,5,10H2,1-4H3,(H,11,12)/t7?,8-,14?/m1/s1. The zero-order valence-corrected chi connectivity index (χ0v) is 10.1. The van der Waals surface area contributed by atoms with Gasteiger partial charge in [-0.25, -0.2) is 0 Å². The summed E-state index contributed by atoms with van der Waals surface area (Å²) in [7, 11) is -0.906. The first-order valence-electron chi connectivity index (χ1n) is 4.71. The molecule has 2 unspecified atom stereocenters. The third-order valence-corrected chi connectivity index (χ3v) is 3.45. The van der Waals surface area contributed by atoms with E-state index in [1.165, 1.54) is 0 Å². The average Bonchev–Trinajstić information content (AvgIpc) is 2.11. The lowest BCUT2D eigenvalue weighted by Gasteiger charge is -2.16. The Morgan fingerprint density at radius 3 is 2.29 bits per heavy atom. The molecule has 84 valence electrons. The highest BCUT2D eigenvalue weighted by atomic mass is 32.2. The molecule has 0 heterocycles. The van der Waals surface area contributed by atoms with Gasteiger partial charge < -0.3 is 11.1 Å². The van der Waals surface area contributed by atoms with Crippen molar-refractivity contribution in [3.05, 3.63) is 0 Å². The number of carbonyl (C=O) groups is 1. The van der Waals surface area contributed by atoms with E-state index in [2.05, 4.69) is 5.32 Å². The predicted molar refractivity (Wildman–Crippen MR) is 59.4 cm³/mol. The lowest BCUT2D eigenvalue weighted by molar-refractivity contribution is -0.123. The summed E-state index contributed by atoms with van der Waals surface area (Å²) in [6.45, 7) is 6.04. The SMILES string of the molecule is CC(C)[C@@H](N)C(=O)NCC(C)S(C)=O. The molecule has 4 nitrogen and oxygen atoms in total. The van der Waals surface area contributed by atoms with Crippen molar-refractivity contribution in [1.29, 1.82) is 0 Å². The molecule has 3 N–H and O–H groups in total. The molecule has 0 spiro atoms. The van der Waals surface area contributed by atoms with E-state index < -0.39 is 16.8 Å². The Morgan fingerprint density at radius 1 is 1.43 bits per heavy atom. The maximum atomic E-state index is 11.4. The van der Waals surface area contributed by atoms with Crippen LogP contribution < -0.4 is 11.1 Å². The number of nitrogens with one attached hydrogen (secondary N) is 1. The highest BCUT2D eigenvalue weighted by Gasteiger charge is 2.17. The number of amides is 1. The summed E-state index contributed by atoms with van der Waals surface area (Å²) in [6.07, 6.45) is 1.62. The fraction of sp³-hybridized carbons (Fsp3) is 0.889. The second-order valence-electron chi connectivity index (χ2n) is 3.82. The quantitative estimate of drug-likeness (QED) is 0.677. The molecule has 0 bridgehead atoms. The fourth-order valence-electron chi connectivity index (χ4n) is 0.782. The molecule has 0 aromatic rings. The van der Waals surface area contributed by atoms with Gasteiger partial charge in [0.25, 0.3) is 0 Å². The topological polar surface area (TPSA) is 72.2 Å². The van der Waals surface area contributed by atoms with Gasteiger partial charge in [0.1, 0.15) is 0 Å². The van der Waals surface area contributed by atoms with E-state index in [-0.39, 0.29) is 17.1 Å². The minimum atomic E-state index is -0.906. The molecule has 0 saturated heterocycles. The molecule has 0 aromatic carbocycles. The van der Waals surface area contributed by atoms with E-state index in [1.807, 2.05) is 20.8 Å². The van der Waals surface area contributed by atoms with Crippen molar-refractivity contribution >= 4 is 16.7 Å². The summed E-state index contributed by atoms with van der Waals surface area (Å²) in [5.41, 5.74) is 5.63. The van der Waals surface area contributed by atoms with E-state index in [0.29, 0.717) is 6.54 Å². The lowest BCUT2D eigenvalue weighted by atomic mass is 10.1. The van der Waals surface area contributed by atoms with Gasteiger partial charge in [0.15, 0.2) is 0 Å². The van der Waals surface area contributed by atoms with Crippen molar-refractivity contribution in [3.63, 3.8) is 0 Å². The van der Waals surface area contributed by atoms with Gasteiger partial charge in [-0.05, 0) is 12.8 Å². The van der Waals surface area contributed by atoms with Gasteiger partial charge in [-0.2, -0.15) is 0 Å². The Kier molecular flexibility index (Phi) is 5.95. The van der Waals surface area contributed by atoms with Gasteiger partial charge >= 0.3 is 0 Å². The number of rotatable bonds is 5. The van der Waals surface area contributed by atoms with Crippen LogP contribution in [0, 0.1) is 5.92 Å². The minimum absolute atomic E-state index is 0.0293. The van der Waals surface area contributed by atoms with Gasteiger partial charge in [0.2, 0.25) is 5.91 Å². The average molecular weight is 220 g/mol. The molecule has 0 rings (SSSR count). The summed E-state index contributed by atoms with van der Waals surface area (Å²) in [4.78, 5) is 11.4. The van der Waals surface area contributed by atoms with Crippen LogP contribution in [0.1, 0.15) is 20.8 Å². The van der Waals surface area contributed by atoms with Crippen molar-refractivity contribution < 1.29 is 9.00 Å². The van der Waals surface area contributed by atoms with Crippen LogP contribution in [0.2, 0.25) is 0 Å². The summed E-state index contributed by atoms with van der Waals surface area (Å²) >= 11 is 0. The van der Waals surface area contributed by atoms with E-state index in [0.717, 1.165) is 0 Å². The molecule has 0 aliphatic heterocycles. The highest BCUT2D eigenvalue weighted by molar-refractivity contribution is 7.84. The molecule has 5 heteroatoms. The fourth-order valence-corrected chi connectivity index (χ4v) is 1.10. The van der Waals surface area contributed by atoms with Gasteiger partial charge in [0, 0.05) is 28.9 Å². The van der Waals surface area contributed by atoms with Gasteiger partial charge in [-0.3, -0.25) is 9.00 Å². The third kappa shape index (κ3) is 4.72. The van der Waals surface area contributed by atoms with Gasteiger partial charge in [0.05, 0.1) is 6.04 Å². The molecule has 14 heavy (non-hydrogen) atoms. The van der Waals surface area contributed by atoms with Crippen molar-refractivity contribution in [2.24, 2.45) is 11.7 Å². The van der Waals surface area contributed by atoms with Crippen LogP contribution in [0.5, 0.6) is 0 Å². The van der Waals surface area contributed by atoms with Crippen LogP contribution in [0.15, 0.2) is 0 Å². The molecule has 0 radical (unpaired) electrons. The van der Waals surface area contributed by atoms with Crippen LogP contribution in [-0.2, 0) is 15.6 Å². The summed E-state index contributed by atoms with van der Waals surface area (Å²) in [5.74, 6) is -0.0465. The number of carbonyl (C=O) groups excluding carboxylic acids is 1. The Balaban J connectivity index is 3.91. The number of hydrogen-bond donors (Lipinski definition) is 2. The van der Waals surface area contributed by atoms with Crippen molar-refractivity contribution in [1.82, 2.24) is 5.32 Å². The molecule has 1 amide bonds. The minimum Gasteiger partial charge on any atom is -0.354 e. The van der Waals surface area contributed by atoms with Crippen LogP contribution in [0.3, 0.4) is 0 Å². The second-order valence-corrected chi connectivity index (χ2v) is 5.63. The van der Waals surface area contributed by atoms with Crippen LogP contribution in [0.4, 0.5) is 0 Å². The zero-order chi connectivity index (χ0) is 11.3. The maximum absolute atomic E-state index is 11.4. The predicted octanol–water partition coefficient (Wildman–Crippen LogP) is -0.147. The van der Waals surface area contributed by atoms with Crippen molar-refractivity contribution in [3.8, 4) is 0 Å². The maximum Gasteiger partial charge on any atom is 0.237 e. The first kappa shape index (κ1) is 13.6. The summed E-state index contributed by atoms with van der Waals surface area (Å²) in [5, 5.41) is 2.66. The highest BCUT2D eigenvalue weighted by Crippen LogP contribution is 1.98. The third-order valence-electron chi connectivity index (χ3n) is 2.15. The van der Waals surface area contributed by atoms with Crippen LogP contribution in [0.25, 0.3) is 0 Å². The molecule has 0 aromatic heterocycles. The number of hydrogen-bond acceptors (Lipinski definition) is 3. The van der Waals surface area contributed by atoms with E-state index in [9.17, 15) is 9.00 Å². The van der Waals surface area contributed by atoms with Gasteiger partial charge in [-0.15, -0.1) is 0 Å². The summed E-state index contributed by atoms with van der Waals surface area (Å²) < 4.78 is 11.0. The van der Waals surface area contributed by atoms with Crippen LogP contribution >= 0.6 is 0 Å². The second kappa shape index (κ2) is 6.14. The molecule has 0 fully saturated rings. The lowest BCUT2D eigenvalue weighted by Crippen LogP contribution is -2.46. The van der Waals surface area contributed by atoms with E-state index in [4.69, 9.17) is 5.73 Å². The Hall–Kier alpha value is -0.420. The first-order chi connectivity index (χ1) is 6.36. The molecular formula is C9H20N2O2S. The summed E-state index contributed by atoms with van der Waals surface area (Å²) in [6, 6.07) is -0.479. The Morgan fingerprint density at radius 2 is 1.93 bits per heavy atom. The Labute approximate surface area is 88.1 Å². The molecule has 3 atom stereocenters. The monoisotopic (exact) mass is 220 g/mol. The van der Waals surface area contributed by atoms with E-state index in [1.54, 1.807) is 6.26 Å². The van der Waals surface area contributed by atoms with Crippen molar-refractivity contribution in [2.75, 3.05) is 12.8 Å². The molecule has 0 aliphatic rings. The Bertz CT molecular complexity index is 219. The number of nitrogens with two attached hydrogens (primary N) is 1. The normalized spacial score (nSPS) is 17.6. The van der Waals surface area contributed by atoms with Crippen molar-refractivity contribution in [2.45, 2.75) is 32.1 Å². The smallest absolute Gasteiger partial charge is 0.237 e. The zero-order valence-electron chi connectivity index (χ0n) is 9.24. The van der Waals surface area contributed by atoms with Gasteiger partial charge in [-0.1, -0.05) is 13.8 Å².